The lowest BCUT2D eigenvalue weighted by Gasteiger charge is -2.35. The quantitative estimate of drug-likeness (QED) is 0.270. The molecule has 1 saturated heterocycles. The summed E-state index contributed by atoms with van der Waals surface area (Å²) >= 11 is 1.59. The smallest absolute Gasteiger partial charge is 0.257 e. The highest BCUT2D eigenvalue weighted by atomic mass is 32.1. The standard InChI is InChI=1S/C28H31N9OS/c1-35-10-12-36(13-11-35)24-16-22-21(15-20(24)26(38)31-18-6-7-25-23(14-18)30-17-39-25)32-27(33-22)34-28-29-8-9-37(28)19-4-2-3-5-19/h6-9,14-17,19H,2-5,10-13H2,1H3,(H,31,38)(H2,29,32,33,34). The minimum atomic E-state index is -0.152. The number of likely N-dealkylation sites (N-methyl/N-ethyl adjacent to an activating group) is 1. The third-order valence-electron chi connectivity index (χ3n) is 7.89. The molecule has 0 bridgehead atoms. The van der Waals surface area contributed by atoms with Crippen molar-refractivity contribution in [1.82, 2.24) is 29.4 Å². The van der Waals surface area contributed by atoms with Crippen molar-refractivity contribution in [3.8, 4) is 0 Å². The fourth-order valence-electron chi connectivity index (χ4n) is 5.72. The number of amides is 1. The molecule has 2 aromatic carbocycles. The van der Waals surface area contributed by atoms with Gasteiger partial charge in [0.1, 0.15) is 0 Å². The van der Waals surface area contributed by atoms with Crippen molar-refractivity contribution in [2.24, 2.45) is 0 Å². The number of nitrogens with one attached hydrogen (secondary N) is 3. The molecule has 3 N–H and O–H groups in total. The highest BCUT2D eigenvalue weighted by Crippen LogP contribution is 2.33. The number of hydrogen-bond acceptors (Lipinski definition) is 8. The lowest BCUT2D eigenvalue weighted by molar-refractivity contribution is 0.102. The molecule has 10 nitrogen and oxygen atoms in total. The molecule has 39 heavy (non-hydrogen) atoms. The second kappa shape index (κ2) is 9.97. The average Bonchev–Trinajstić information content (AvgIpc) is 3.75. The highest BCUT2D eigenvalue weighted by Gasteiger charge is 2.24. The number of benzene rings is 2. The fraction of sp³-hybridized carbons (Fsp3) is 0.357. The van der Waals surface area contributed by atoms with Gasteiger partial charge < -0.3 is 24.7 Å². The number of nitrogens with zero attached hydrogens (tertiary/aromatic N) is 6. The molecular weight excluding hydrogens is 510 g/mol. The monoisotopic (exact) mass is 541 g/mol. The van der Waals surface area contributed by atoms with Crippen LogP contribution in [0, 0.1) is 0 Å². The number of carbonyl (C=O) groups is 1. The number of fused-ring (bicyclic) bond motifs is 2. The van der Waals surface area contributed by atoms with Crippen LogP contribution < -0.4 is 15.5 Å². The summed E-state index contributed by atoms with van der Waals surface area (Å²) < 4.78 is 3.31. The van der Waals surface area contributed by atoms with Crippen LogP contribution in [-0.4, -0.2) is 68.5 Å². The van der Waals surface area contributed by atoms with Crippen LogP contribution in [0.15, 0.2) is 48.2 Å². The summed E-state index contributed by atoms with van der Waals surface area (Å²) in [5, 5.41) is 6.49. The van der Waals surface area contributed by atoms with Gasteiger partial charge in [0.15, 0.2) is 0 Å². The number of imidazole rings is 2. The van der Waals surface area contributed by atoms with Gasteiger partial charge in [-0.2, -0.15) is 0 Å². The van der Waals surface area contributed by atoms with Gasteiger partial charge in [-0.15, -0.1) is 11.3 Å². The molecule has 2 aliphatic rings. The van der Waals surface area contributed by atoms with Crippen molar-refractivity contribution in [2.75, 3.05) is 48.8 Å². The van der Waals surface area contributed by atoms with Gasteiger partial charge in [0.05, 0.1) is 38.0 Å². The second-order valence-corrected chi connectivity index (χ2v) is 11.4. The van der Waals surface area contributed by atoms with E-state index < -0.39 is 0 Å². The molecule has 4 heterocycles. The van der Waals surface area contributed by atoms with Crippen molar-refractivity contribution < 1.29 is 4.79 Å². The van der Waals surface area contributed by atoms with Gasteiger partial charge in [-0.1, -0.05) is 12.8 Å². The third kappa shape index (κ3) is 4.72. The molecule has 1 amide bonds. The number of thiazole rings is 1. The van der Waals surface area contributed by atoms with E-state index in [-0.39, 0.29) is 5.91 Å². The molecule has 0 atom stereocenters. The first-order valence-corrected chi connectivity index (χ1v) is 14.4. The lowest BCUT2D eigenvalue weighted by Crippen LogP contribution is -2.45. The number of anilines is 4. The first kappa shape index (κ1) is 24.1. The van der Waals surface area contributed by atoms with E-state index in [1.165, 1.54) is 25.7 Å². The van der Waals surface area contributed by atoms with Crippen molar-refractivity contribution in [3.63, 3.8) is 0 Å². The minimum Gasteiger partial charge on any atom is -0.368 e. The van der Waals surface area contributed by atoms with Crippen molar-refractivity contribution in [2.45, 2.75) is 31.7 Å². The molecule has 0 unspecified atom stereocenters. The number of piperazine rings is 1. The Labute approximate surface area is 230 Å². The van der Waals surface area contributed by atoms with Crippen molar-refractivity contribution >= 4 is 61.8 Å². The lowest BCUT2D eigenvalue weighted by atomic mass is 10.1. The maximum absolute atomic E-state index is 13.7. The Morgan fingerprint density at radius 1 is 1.05 bits per heavy atom. The van der Waals surface area contributed by atoms with E-state index >= 15 is 0 Å². The molecule has 200 valence electrons. The van der Waals surface area contributed by atoms with Gasteiger partial charge in [-0.3, -0.25) is 10.1 Å². The summed E-state index contributed by atoms with van der Waals surface area (Å²) in [5.74, 6) is 1.25. The van der Waals surface area contributed by atoms with E-state index in [2.05, 4.69) is 47.0 Å². The zero-order valence-corrected chi connectivity index (χ0v) is 22.7. The second-order valence-electron chi connectivity index (χ2n) is 10.5. The summed E-state index contributed by atoms with van der Waals surface area (Å²) in [5.41, 5.74) is 6.56. The van der Waals surface area contributed by atoms with E-state index in [9.17, 15) is 4.79 Å². The highest BCUT2D eigenvalue weighted by molar-refractivity contribution is 7.16. The number of rotatable bonds is 6. The molecule has 11 heteroatoms. The van der Waals surface area contributed by atoms with Crippen molar-refractivity contribution in [3.05, 3.63) is 53.8 Å². The topological polar surface area (TPSA) is 107 Å². The van der Waals surface area contributed by atoms with Crippen molar-refractivity contribution in [1.29, 1.82) is 0 Å². The number of carbonyl (C=O) groups excluding carboxylic acids is 1. The number of H-pyrrole nitrogens is 1. The molecule has 3 aromatic heterocycles. The average molecular weight is 542 g/mol. The van der Waals surface area contributed by atoms with E-state index in [0.717, 1.165) is 64.8 Å². The normalized spacial score (nSPS) is 16.9. The molecular formula is C28H31N9OS. The van der Waals surface area contributed by atoms with Gasteiger partial charge in [-0.05, 0) is 50.2 Å². The van der Waals surface area contributed by atoms with Crippen LogP contribution >= 0.6 is 11.3 Å². The maximum atomic E-state index is 13.7. The van der Waals surface area contributed by atoms with E-state index in [0.29, 0.717) is 17.6 Å². The number of aromatic nitrogens is 5. The van der Waals surface area contributed by atoms with Crippen LogP contribution in [0.3, 0.4) is 0 Å². The Kier molecular flexibility index (Phi) is 6.16. The van der Waals surface area contributed by atoms with Crippen LogP contribution in [0.25, 0.3) is 21.3 Å². The third-order valence-corrected chi connectivity index (χ3v) is 8.70. The number of hydrogen-bond donors (Lipinski definition) is 3. The Bertz CT molecular complexity index is 1640. The fourth-order valence-corrected chi connectivity index (χ4v) is 6.38. The van der Waals surface area contributed by atoms with E-state index in [4.69, 9.17) is 4.98 Å². The zero-order chi connectivity index (χ0) is 26.3. The van der Waals surface area contributed by atoms with Crippen LogP contribution in [0.2, 0.25) is 0 Å². The van der Waals surface area contributed by atoms with Gasteiger partial charge >= 0.3 is 0 Å². The maximum Gasteiger partial charge on any atom is 0.257 e. The first-order valence-electron chi connectivity index (χ1n) is 13.5. The predicted molar refractivity (Wildman–Crippen MR) is 156 cm³/mol. The Morgan fingerprint density at radius 2 is 1.90 bits per heavy atom. The Hall–Kier alpha value is -3.96. The summed E-state index contributed by atoms with van der Waals surface area (Å²) in [6.07, 6.45) is 8.73. The molecule has 7 rings (SSSR count). The van der Waals surface area contributed by atoms with Gasteiger partial charge in [0.2, 0.25) is 11.9 Å². The largest absolute Gasteiger partial charge is 0.368 e. The predicted octanol–water partition coefficient (Wildman–Crippen LogP) is 5.23. The zero-order valence-electron chi connectivity index (χ0n) is 21.9. The Balaban J connectivity index is 1.22. The molecule has 0 spiro atoms. The van der Waals surface area contributed by atoms with Crippen LogP contribution in [-0.2, 0) is 0 Å². The molecule has 5 aromatic rings. The minimum absolute atomic E-state index is 0.152. The van der Waals surface area contributed by atoms with Gasteiger partial charge in [-0.25, -0.2) is 15.0 Å². The van der Waals surface area contributed by atoms with E-state index in [1.807, 2.05) is 48.2 Å². The number of aromatic amines is 1. The Morgan fingerprint density at radius 3 is 2.74 bits per heavy atom. The van der Waals surface area contributed by atoms with Crippen LogP contribution in [0.4, 0.5) is 23.3 Å². The SMILES string of the molecule is CN1CCN(c2cc3nc(Nc4nccn4C4CCCC4)[nH]c3cc2C(=O)Nc2ccc3scnc3c2)CC1. The molecule has 0 radical (unpaired) electrons. The van der Waals surface area contributed by atoms with Gasteiger partial charge in [0, 0.05) is 50.3 Å². The van der Waals surface area contributed by atoms with Gasteiger partial charge in [0.25, 0.3) is 5.91 Å². The summed E-state index contributed by atoms with van der Waals surface area (Å²) in [7, 11) is 2.13. The van der Waals surface area contributed by atoms with Crippen LogP contribution in [0.5, 0.6) is 0 Å². The van der Waals surface area contributed by atoms with Crippen LogP contribution in [0.1, 0.15) is 42.1 Å². The summed E-state index contributed by atoms with van der Waals surface area (Å²) in [6.45, 7) is 3.58. The summed E-state index contributed by atoms with van der Waals surface area (Å²) in [6, 6.07) is 10.3. The van der Waals surface area contributed by atoms with E-state index in [1.54, 1.807) is 11.3 Å². The summed E-state index contributed by atoms with van der Waals surface area (Å²) in [4.78, 5) is 35.4. The first-order chi connectivity index (χ1) is 19.1. The molecule has 1 saturated carbocycles. The molecule has 2 fully saturated rings. The molecule has 1 aliphatic heterocycles. The molecule has 1 aliphatic carbocycles.